The van der Waals surface area contributed by atoms with Gasteiger partial charge in [0.15, 0.2) is 5.13 Å². The van der Waals surface area contributed by atoms with Crippen molar-refractivity contribution in [2.24, 2.45) is 0 Å². The van der Waals surface area contributed by atoms with Gasteiger partial charge in [-0.3, -0.25) is 4.79 Å². The highest BCUT2D eigenvalue weighted by atomic mass is 32.1. The van der Waals surface area contributed by atoms with Gasteiger partial charge in [-0.05, 0) is 49.4 Å². The molecule has 0 unspecified atom stereocenters. The second-order valence-electron chi connectivity index (χ2n) is 6.09. The summed E-state index contributed by atoms with van der Waals surface area (Å²) in [5, 5.41) is 3.62. The van der Waals surface area contributed by atoms with Crippen molar-refractivity contribution in [2.75, 3.05) is 0 Å². The van der Waals surface area contributed by atoms with Gasteiger partial charge in [-0.2, -0.15) is 0 Å². The van der Waals surface area contributed by atoms with Crippen LogP contribution in [0.4, 0.5) is 4.39 Å². The van der Waals surface area contributed by atoms with E-state index < -0.39 is 0 Å². The smallest absolute Gasteiger partial charge is 0.263 e. The summed E-state index contributed by atoms with van der Waals surface area (Å²) in [5.41, 5.74) is 2.80. The van der Waals surface area contributed by atoms with Crippen LogP contribution in [0, 0.1) is 12.7 Å². The number of halogens is 1. The quantitative estimate of drug-likeness (QED) is 0.560. The van der Waals surface area contributed by atoms with Crippen LogP contribution >= 0.6 is 11.3 Å². The Morgan fingerprint density at radius 3 is 2.68 bits per heavy atom. The van der Waals surface area contributed by atoms with Gasteiger partial charge >= 0.3 is 0 Å². The summed E-state index contributed by atoms with van der Waals surface area (Å²) < 4.78 is 15.0. The standard InChI is InChI=1S/C20H16FN5OS/c1-13-18(28-20(25-13)26-8-2-3-9-26)19(27)22-11-16-10-17(24-12-23-16)14-4-6-15(21)7-5-14/h2-10,12H,11H2,1H3,(H,22,27). The van der Waals surface area contributed by atoms with Gasteiger partial charge in [0.25, 0.3) is 5.91 Å². The lowest BCUT2D eigenvalue weighted by Gasteiger charge is -2.06. The molecule has 0 aliphatic rings. The van der Waals surface area contributed by atoms with Crippen molar-refractivity contribution in [3.05, 3.63) is 83.3 Å². The van der Waals surface area contributed by atoms with Crippen LogP contribution in [0.2, 0.25) is 0 Å². The topological polar surface area (TPSA) is 72.7 Å². The second-order valence-corrected chi connectivity index (χ2v) is 7.06. The molecule has 6 nitrogen and oxygen atoms in total. The predicted molar refractivity (Wildman–Crippen MR) is 105 cm³/mol. The summed E-state index contributed by atoms with van der Waals surface area (Å²) in [6.07, 6.45) is 5.21. The number of carbonyl (C=O) groups excluding carboxylic acids is 1. The second kappa shape index (κ2) is 7.69. The fourth-order valence-electron chi connectivity index (χ4n) is 2.69. The van der Waals surface area contributed by atoms with E-state index in [1.165, 1.54) is 29.8 Å². The molecule has 0 bridgehead atoms. The molecular formula is C20H16FN5OS. The molecule has 28 heavy (non-hydrogen) atoms. The Morgan fingerprint density at radius 2 is 1.93 bits per heavy atom. The van der Waals surface area contributed by atoms with E-state index in [0.717, 1.165) is 10.7 Å². The maximum Gasteiger partial charge on any atom is 0.263 e. The number of aromatic nitrogens is 4. The minimum Gasteiger partial charge on any atom is -0.346 e. The molecule has 0 atom stereocenters. The number of aryl methyl sites for hydroxylation is 1. The van der Waals surface area contributed by atoms with Gasteiger partial charge in [0.05, 0.1) is 23.6 Å². The minimum absolute atomic E-state index is 0.199. The van der Waals surface area contributed by atoms with Crippen LogP contribution in [0.1, 0.15) is 21.1 Å². The molecule has 3 aromatic heterocycles. The lowest BCUT2D eigenvalue weighted by molar-refractivity contribution is 0.0953. The number of hydrogen-bond donors (Lipinski definition) is 1. The average Bonchev–Trinajstić information content (AvgIpc) is 3.37. The van der Waals surface area contributed by atoms with E-state index in [4.69, 9.17) is 0 Å². The van der Waals surface area contributed by atoms with E-state index in [1.54, 1.807) is 18.2 Å². The summed E-state index contributed by atoms with van der Waals surface area (Å²) in [5.74, 6) is -0.500. The molecular weight excluding hydrogens is 377 g/mol. The molecule has 8 heteroatoms. The predicted octanol–water partition coefficient (Wildman–Crippen LogP) is 3.77. The Bertz CT molecular complexity index is 1110. The number of amides is 1. The van der Waals surface area contributed by atoms with E-state index in [9.17, 15) is 9.18 Å². The van der Waals surface area contributed by atoms with Crippen LogP contribution < -0.4 is 5.32 Å². The molecule has 4 rings (SSSR count). The number of thiazole rings is 1. The minimum atomic E-state index is -0.301. The number of hydrogen-bond acceptors (Lipinski definition) is 5. The van der Waals surface area contributed by atoms with E-state index >= 15 is 0 Å². The Kier molecular flexibility index (Phi) is 4.94. The van der Waals surface area contributed by atoms with Crippen LogP contribution in [-0.4, -0.2) is 25.4 Å². The maximum absolute atomic E-state index is 13.1. The Morgan fingerprint density at radius 1 is 1.18 bits per heavy atom. The third kappa shape index (κ3) is 3.81. The third-order valence-corrected chi connectivity index (χ3v) is 5.28. The molecule has 4 aromatic rings. The molecule has 0 spiro atoms. The number of benzene rings is 1. The zero-order valence-corrected chi connectivity index (χ0v) is 15.8. The third-order valence-electron chi connectivity index (χ3n) is 4.11. The van der Waals surface area contributed by atoms with Gasteiger partial charge in [0.2, 0.25) is 0 Å². The van der Waals surface area contributed by atoms with Crippen molar-refractivity contribution in [1.29, 1.82) is 0 Å². The Hall–Kier alpha value is -3.39. The normalized spacial score (nSPS) is 10.8. The number of nitrogens with zero attached hydrogens (tertiary/aromatic N) is 4. The molecule has 0 aliphatic carbocycles. The van der Waals surface area contributed by atoms with E-state index in [1.807, 2.05) is 36.0 Å². The average molecular weight is 393 g/mol. The van der Waals surface area contributed by atoms with E-state index in [2.05, 4.69) is 20.3 Å². The lowest BCUT2D eigenvalue weighted by Crippen LogP contribution is -2.23. The molecule has 0 aliphatic heterocycles. The zero-order chi connectivity index (χ0) is 19.5. The summed E-state index contributed by atoms with van der Waals surface area (Å²) in [4.78, 5) is 26.0. The molecule has 0 saturated heterocycles. The largest absolute Gasteiger partial charge is 0.346 e. The molecule has 0 fully saturated rings. The summed E-state index contributed by atoms with van der Waals surface area (Å²) >= 11 is 1.33. The van der Waals surface area contributed by atoms with E-state index in [-0.39, 0.29) is 18.3 Å². The molecule has 3 heterocycles. The van der Waals surface area contributed by atoms with Gasteiger partial charge in [-0.1, -0.05) is 11.3 Å². The Balaban J connectivity index is 1.47. The summed E-state index contributed by atoms with van der Waals surface area (Å²) in [7, 11) is 0. The van der Waals surface area contributed by atoms with Crippen molar-refractivity contribution in [2.45, 2.75) is 13.5 Å². The highest BCUT2D eigenvalue weighted by Gasteiger charge is 2.16. The van der Waals surface area contributed by atoms with E-state index in [0.29, 0.717) is 22.0 Å². The first kappa shape index (κ1) is 18.0. The van der Waals surface area contributed by atoms with Gasteiger partial charge in [0.1, 0.15) is 17.0 Å². The molecule has 0 radical (unpaired) electrons. The highest BCUT2D eigenvalue weighted by molar-refractivity contribution is 7.16. The molecule has 140 valence electrons. The fourth-order valence-corrected chi connectivity index (χ4v) is 3.64. The molecule has 1 N–H and O–H groups in total. The first-order chi connectivity index (χ1) is 13.6. The van der Waals surface area contributed by atoms with Crippen molar-refractivity contribution in [3.8, 4) is 16.4 Å². The Labute approximate surface area is 164 Å². The maximum atomic E-state index is 13.1. The zero-order valence-electron chi connectivity index (χ0n) is 15.0. The first-order valence-electron chi connectivity index (χ1n) is 8.56. The first-order valence-corrected chi connectivity index (χ1v) is 9.37. The monoisotopic (exact) mass is 393 g/mol. The fraction of sp³-hybridized carbons (Fsp3) is 0.100. The van der Waals surface area contributed by atoms with Crippen LogP contribution in [0.15, 0.2) is 61.2 Å². The number of carbonyl (C=O) groups is 1. The lowest BCUT2D eigenvalue weighted by atomic mass is 10.1. The van der Waals surface area contributed by atoms with Crippen molar-refractivity contribution in [1.82, 2.24) is 24.8 Å². The van der Waals surface area contributed by atoms with Gasteiger partial charge in [-0.25, -0.2) is 19.3 Å². The van der Waals surface area contributed by atoms with Crippen LogP contribution in [0.5, 0.6) is 0 Å². The molecule has 1 aromatic carbocycles. The highest BCUT2D eigenvalue weighted by Crippen LogP contribution is 2.22. The summed E-state index contributed by atoms with van der Waals surface area (Å²) in [6, 6.07) is 11.7. The van der Waals surface area contributed by atoms with Gasteiger partial charge in [-0.15, -0.1) is 0 Å². The number of nitrogens with one attached hydrogen (secondary N) is 1. The van der Waals surface area contributed by atoms with Crippen molar-refractivity contribution in [3.63, 3.8) is 0 Å². The molecule has 1 amide bonds. The van der Waals surface area contributed by atoms with Crippen LogP contribution in [0.25, 0.3) is 16.4 Å². The van der Waals surface area contributed by atoms with Crippen LogP contribution in [-0.2, 0) is 6.54 Å². The van der Waals surface area contributed by atoms with Crippen molar-refractivity contribution >= 4 is 17.2 Å². The number of rotatable bonds is 5. The van der Waals surface area contributed by atoms with Gasteiger partial charge < -0.3 is 9.88 Å². The molecule has 0 saturated carbocycles. The summed E-state index contributed by atoms with van der Waals surface area (Å²) in [6.45, 7) is 2.07. The van der Waals surface area contributed by atoms with Crippen molar-refractivity contribution < 1.29 is 9.18 Å². The SMILES string of the molecule is Cc1nc(-n2cccc2)sc1C(=O)NCc1cc(-c2ccc(F)cc2)ncn1. The van der Waals surface area contributed by atoms with Crippen LogP contribution in [0.3, 0.4) is 0 Å². The van der Waals surface area contributed by atoms with Gasteiger partial charge in [0, 0.05) is 18.0 Å².